The topological polar surface area (TPSA) is 18.5 Å². The molecule has 88 valence electrons. The van der Waals surface area contributed by atoms with Gasteiger partial charge in [-0.05, 0) is 52.4 Å². The van der Waals surface area contributed by atoms with E-state index in [0.29, 0.717) is 0 Å². The molecule has 0 saturated carbocycles. The van der Waals surface area contributed by atoms with Gasteiger partial charge >= 0.3 is 0 Å². The Morgan fingerprint density at radius 2 is 2.20 bits per heavy atom. The average Bonchev–Trinajstić information content (AvgIpc) is 2.73. The lowest BCUT2D eigenvalue weighted by Crippen LogP contribution is -2.50. The Morgan fingerprint density at radius 1 is 1.33 bits per heavy atom. The van der Waals surface area contributed by atoms with Crippen molar-refractivity contribution in [1.82, 2.24) is 15.1 Å². The number of piperazine rings is 1. The maximum atomic E-state index is 3.45. The fraction of sp³-hybridized carbons (Fsp3) is 1.00. The maximum absolute atomic E-state index is 3.45. The van der Waals surface area contributed by atoms with Crippen molar-refractivity contribution in [1.29, 1.82) is 0 Å². The molecule has 0 radical (unpaired) electrons. The van der Waals surface area contributed by atoms with Crippen molar-refractivity contribution >= 4 is 0 Å². The van der Waals surface area contributed by atoms with Gasteiger partial charge in [0, 0.05) is 25.7 Å². The molecule has 15 heavy (non-hydrogen) atoms. The van der Waals surface area contributed by atoms with Gasteiger partial charge < -0.3 is 15.1 Å². The van der Waals surface area contributed by atoms with Crippen molar-refractivity contribution in [3.63, 3.8) is 0 Å². The quantitative estimate of drug-likeness (QED) is 0.738. The van der Waals surface area contributed by atoms with Gasteiger partial charge in [-0.15, -0.1) is 0 Å². The van der Waals surface area contributed by atoms with Gasteiger partial charge in [0.05, 0.1) is 0 Å². The van der Waals surface area contributed by atoms with Crippen molar-refractivity contribution in [2.24, 2.45) is 5.92 Å². The molecule has 2 saturated heterocycles. The third kappa shape index (κ3) is 3.16. The van der Waals surface area contributed by atoms with Crippen LogP contribution in [0.1, 0.15) is 19.8 Å². The highest BCUT2D eigenvalue weighted by Gasteiger charge is 2.21. The van der Waals surface area contributed by atoms with Gasteiger partial charge in [-0.2, -0.15) is 0 Å². The lowest BCUT2D eigenvalue weighted by Gasteiger charge is -2.38. The Kier molecular flexibility index (Phi) is 4.00. The molecule has 2 unspecified atom stereocenters. The molecule has 0 amide bonds. The molecule has 0 spiro atoms. The number of hydrogen-bond acceptors (Lipinski definition) is 3. The van der Waals surface area contributed by atoms with Crippen LogP contribution in [0.4, 0.5) is 0 Å². The zero-order chi connectivity index (χ0) is 10.7. The van der Waals surface area contributed by atoms with E-state index < -0.39 is 0 Å². The summed E-state index contributed by atoms with van der Waals surface area (Å²) in [5.74, 6) is 0.944. The van der Waals surface area contributed by atoms with Gasteiger partial charge in [-0.25, -0.2) is 0 Å². The molecule has 0 aromatic rings. The van der Waals surface area contributed by atoms with E-state index in [-0.39, 0.29) is 0 Å². The van der Waals surface area contributed by atoms with E-state index in [9.17, 15) is 0 Å². The van der Waals surface area contributed by atoms with Crippen LogP contribution in [0.3, 0.4) is 0 Å². The maximum Gasteiger partial charge on any atom is 0.0192 e. The minimum atomic E-state index is 0.737. The number of rotatable bonds is 3. The van der Waals surface area contributed by atoms with Gasteiger partial charge in [0.2, 0.25) is 0 Å². The van der Waals surface area contributed by atoms with Crippen LogP contribution in [0.2, 0.25) is 0 Å². The minimum absolute atomic E-state index is 0.737. The molecule has 2 heterocycles. The van der Waals surface area contributed by atoms with Gasteiger partial charge in [0.1, 0.15) is 0 Å². The van der Waals surface area contributed by atoms with Crippen molar-refractivity contribution in [3.8, 4) is 0 Å². The summed E-state index contributed by atoms with van der Waals surface area (Å²) in [6.45, 7) is 9.91. The largest absolute Gasteiger partial charge is 0.316 e. The summed E-state index contributed by atoms with van der Waals surface area (Å²) in [6, 6.07) is 0.737. The SMILES string of the molecule is CC1CN(CCC2CCNC2)CCN1C. The molecular weight excluding hydrogens is 186 g/mol. The van der Waals surface area contributed by atoms with Crippen LogP contribution in [-0.4, -0.2) is 62.2 Å². The summed E-state index contributed by atoms with van der Waals surface area (Å²) in [4.78, 5) is 5.11. The second kappa shape index (κ2) is 5.28. The lowest BCUT2D eigenvalue weighted by molar-refractivity contribution is 0.101. The first-order valence-electron chi connectivity index (χ1n) is 6.39. The van der Waals surface area contributed by atoms with E-state index in [1.165, 1.54) is 52.1 Å². The van der Waals surface area contributed by atoms with Crippen LogP contribution in [0.25, 0.3) is 0 Å². The van der Waals surface area contributed by atoms with Gasteiger partial charge in [0.15, 0.2) is 0 Å². The van der Waals surface area contributed by atoms with Crippen molar-refractivity contribution in [2.45, 2.75) is 25.8 Å². The summed E-state index contributed by atoms with van der Waals surface area (Å²) in [5, 5.41) is 3.45. The number of nitrogens with zero attached hydrogens (tertiary/aromatic N) is 2. The minimum Gasteiger partial charge on any atom is -0.316 e. The highest BCUT2D eigenvalue weighted by Crippen LogP contribution is 2.14. The van der Waals surface area contributed by atoms with Crippen LogP contribution in [-0.2, 0) is 0 Å². The van der Waals surface area contributed by atoms with Crippen LogP contribution in [0, 0.1) is 5.92 Å². The van der Waals surface area contributed by atoms with E-state index in [1.54, 1.807) is 0 Å². The molecule has 2 atom stereocenters. The zero-order valence-corrected chi connectivity index (χ0v) is 10.2. The summed E-state index contributed by atoms with van der Waals surface area (Å²) in [6.07, 6.45) is 2.78. The predicted octanol–water partition coefficient (Wildman–Crippen LogP) is 0.622. The Labute approximate surface area is 93.8 Å². The Morgan fingerprint density at radius 3 is 2.87 bits per heavy atom. The standard InChI is InChI=1S/C12H25N3/c1-11-10-15(8-7-14(11)2)6-4-12-3-5-13-9-12/h11-13H,3-10H2,1-2H3. The van der Waals surface area contributed by atoms with Gasteiger partial charge in [-0.1, -0.05) is 0 Å². The molecule has 0 aromatic heterocycles. The first-order valence-corrected chi connectivity index (χ1v) is 6.39. The molecule has 2 rings (SSSR count). The third-order valence-corrected chi connectivity index (χ3v) is 4.06. The van der Waals surface area contributed by atoms with Crippen LogP contribution in [0.15, 0.2) is 0 Å². The predicted molar refractivity (Wildman–Crippen MR) is 64.1 cm³/mol. The third-order valence-electron chi connectivity index (χ3n) is 4.06. The fourth-order valence-corrected chi connectivity index (χ4v) is 2.65. The van der Waals surface area contributed by atoms with Crippen LogP contribution >= 0.6 is 0 Å². The summed E-state index contributed by atoms with van der Waals surface area (Å²) in [5.41, 5.74) is 0. The second-order valence-corrected chi connectivity index (χ2v) is 5.28. The summed E-state index contributed by atoms with van der Waals surface area (Å²) in [7, 11) is 2.24. The summed E-state index contributed by atoms with van der Waals surface area (Å²) >= 11 is 0. The van der Waals surface area contributed by atoms with Gasteiger partial charge in [-0.3, -0.25) is 0 Å². The van der Waals surface area contributed by atoms with Crippen molar-refractivity contribution in [2.75, 3.05) is 46.3 Å². The van der Waals surface area contributed by atoms with E-state index in [0.717, 1.165) is 12.0 Å². The van der Waals surface area contributed by atoms with E-state index in [1.807, 2.05) is 0 Å². The average molecular weight is 211 g/mol. The Balaban J connectivity index is 1.66. The molecule has 0 aliphatic carbocycles. The molecule has 1 N–H and O–H groups in total. The Hall–Kier alpha value is -0.120. The number of hydrogen-bond donors (Lipinski definition) is 1. The molecule has 3 nitrogen and oxygen atoms in total. The normalized spacial score (nSPS) is 34.8. The molecule has 3 heteroatoms. The monoisotopic (exact) mass is 211 g/mol. The highest BCUT2D eigenvalue weighted by molar-refractivity contribution is 4.78. The zero-order valence-electron chi connectivity index (χ0n) is 10.2. The number of likely N-dealkylation sites (N-methyl/N-ethyl adjacent to an activating group) is 1. The second-order valence-electron chi connectivity index (χ2n) is 5.28. The molecule has 2 aliphatic rings. The van der Waals surface area contributed by atoms with Crippen LogP contribution < -0.4 is 5.32 Å². The van der Waals surface area contributed by atoms with Crippen molar-refractivity contribution < 1.29 is 0 Å². The van der Waals surface area contributed by atoms with Crippen molar-refractivity contribution in [3.05, 3.63) is 0 Å². The Bertz CT molecular complexity index is 189. The van der Waals surface area contributed by atoms with E-state index in [4.69, 9.17) is 0 Å². The van der Waals surface area contributed by atoms with E-state index in [2.05, 4.69) is 29.1 Å². The first kappa shape index (κ1) is 11.4. The van der Waals surface area contributed by atoms with Crippen LogP contribution in [0.5, 0.6) is 0 Å². The van der Waals surface area contributed by atoms with Gasteiger partial charge in [0.25, 0.3) is 0 Å². The lowest BCUT2D eigenvalue weighted by atomic mass is 10.0. The molecule has 2 aliphatic heterocycles. The molecular formula is C12H25N3. The molecule has 2 fully saturated rings. The smallest absolute Gasteiger partial charge is 0.0192 e. The number of nitrogens with one attached hydrogen (secondary N) is 1. The summed E-state index contributed by atoms with van der Waals surface area (Å²) < 4.78 is 0. The fourth-order valence-electron chi connectivity index (χ4n) is 2.65. The first-order chi connectivity index (χ1) is 7.25. The van der Waals surface area contributed by atoms with E-state index >= 15 is 0 Å². The highest BCUT2D eigenvalue weighted by atomic mass is 15.3. The molecule has 0 aromatic carbocycles. The molecule has 0 bridgehead atoms.